The molecule has 0 aliphatic carbocycles. The number of hydrogen-bond acceptors (Lipinski definition) is 4. The van der Waals surface area contributed by atoms with E-state index in [4.69, 9.17) is 4.74 Å². The topological polar surface area (TPSA) is 69.1 Å². The highest BCUT2D eigenvalue weighted by Gasteiger charge is 2.27. The zero-order valence-electron chi connectivity index (χ0n) is 17.0. The zero-order chi connectivity index (χ0) is 20.8. The number of benzene rings is 2. The van der Waals surface area contributed by atoms with Crippen LogP contribution in [0.2, 0.25) is 0 Å². The molecule has 1 aliphatic heterocycles. The van der Waals surface area contributed by atoms with Gasteiger partial charge in [-0.25, -0.2) is 13.8 Å². The number of rotatable bonds is 6. The molecule has 1 heterocycles. The third-order valence-corrected chi connectivity index (χ3v) is 4.79. The number of nitrogens with zero attached hydrogens (tertiary/aromatic N) is 2. The van der Waals surface area contributed by atoms with Gasteiger partial charge >= 0.3 is 0 Å². The molecule has 3 N–H and O–H groups in total. The lowest BCUT2D eigenvalue weighted by Crippen LogP contribution is -2.44. The minimum atomic E-state index is -0.550. The highest BCUT2D eigenvalue weighted by Crippen LogP contribution is 2.27. The van der Waals surface area contributed by atoms with Gasteiger partial charge in [-0.3, -0.25) is 0 Å². The number of ether oxygens (including phenoxy) is 1. The molecule has 1 saturated heterocycles. The summed E-state index contributed by atoms with van der Waals surface area (Å²) >= 11 is 0. The Labute approximate surface area is 192 Å². The van der Waals surface area contributed by atoms with Crippen LogP contribution >= 0.6 is 24.0 Å². The molecule has 6 nitrogen and oxygen atoms in total. The molecule has 1 unspecified atom stereocenters. The van der Waals surface area contributed by atoms with Gasteiger partial charge in [-0.15, -0.1) is 24.0 Å². The summed E-state index contributed by atoms with van der Waals surface area (Å²) < 4.78 is 33.1. The van der Waals surface area contributed by atoms with E-state index in [0.717, 1.165) is 12.0 Å². The zero-order valence-corrected chi connectivity index (χ0v) is 19.3. The minimum Gasteiger partial charge on any atom is -0.504 e. The van der Waals surface area contributed by atoms with E-state index in [9.17, 15) is 13.9 Å². The summed E-state index contributed by atoms with van der Waals surface area (Å²) in [5.74, 6) is -0.00886. The lowest BCUT2D eigenvalue weighted by Gasteiger charge is -2.21. The predicted molar refractivity (Wildman–Crippen MR) is 125 cm³/mol. The van der Waals surface area contributed by atoms with E-state index >= 15 is 0 Å². The van der Waals surface area contributed by atoms with Crippen molar-refractivity contribution in [2.75, 3.05) is 31.6 Å². The number of phenolic OH excluding ortho intramolecular Hbond substituents is 1. The SMILES string of the molecule is CCNC(=NCc1ccc(OC)c(O)c1)NC1CCN(c2c(F)cccc2F)C1.I. The number of phenols is 1. The Morgan fingerprint density at radius 1 is 1.27 bits per heavy atom. The molecule has 2 aromatic rings. The molecule has 0 spiro atoms. The predicted octanol–water partition coefficient (Wildman–Crippen LogP) is 3.63. The Morgan fingerprint density at radius 2 is 2.00 bits per heavy atom. The van der Waals surface area contributed by atoms with Crippen LogP contribution in [-0.2, 0) is 6.54 Å². The molecule has 1 aliphatic rings. The fourth-order valence-electron chi connectivity index (χ4n) is 3.39. The molecule has 1 atom stereocenters. The summed E-state index contributed by atoms with van der Waals surface area (Å²) in [6.07, 6.45) is 0.738. The quantitative estimate of drug-likeness (QED) is 0.301. The van der Waals surface area contributed by atoms with Crippen LogP contribution in [0.25, 0.3) is 0 Å². The number of halogens is 3. The van der Waals surface area contributed by atoms with Crippen LogP contribution in [0.15, 0.2) is 41.4 Å². The van der Waals surface area contributed by atoms with Crippen LogP contribution < -0.4 is 20.3 Å². The highest BCUT2D eigenvalue weighted by atomic mass is 127. The molecule has 30 heavy (non-hydrogen) atoms. The van der Waals surface area contributed by atoms with E-state index in [-0.39, 0.29) is 41.5 Å². The second kappa shape index (κ2) is 11.2. The first kappa shape index (κ1) is 24.0. The summed E-state index contributed by atoms with van der Waals surface area (Å²) in [7, 11) is 1.50. The summed E-state index contributed by atoms with van der Waals surface area (Å²) in [5, 5.41) is 16.4. The fourth-order valence-corrected chi connectivity index (χ4v) is 3.39. The molecule has 0 radical (unpaired) electrons. The largest absolute Gasteiger partial charge is 0.504 e. The van der Waals surface area contributed by atoms with Gasteiger partial charge in [0.25, 0.3) is 0 Å². The molecule has 0 amide bonds. The van der Waals surface area contributed by atoms with Crippen LogP contribution in [0.1, 0.15) is 18.9 Å². The van der Waals surface area contributed by atoms with Gasteiger partial charge in [0, 0.05) is 25.7 Å². The van der Waals surface area contributed by atoms with Crippen molar-refractivity contribution in [3.63, 3.8) is 0 Å². The summed E-state index contributed by atoms with van der Waals surface area (Å²) in [4.78, 5) is 6.27. The lowest BCUT2D eigenvalue weighted by atomic mass is 10.2. The first-order chi connectivity index (χ1) is 14.0. The second-order valence-electron chi connectivity index (χ2n) is 6.85. The normalized spacial score (nSPS) is 16.2. The van der Waals surface area contributed by atoms with Crippen LogP contribution in [0, 0.1) is 11.6 Å². The molecular formula is C21H27F2IN4O2. The monoisotopic (exact) mass is 532 g/mol. The lowest BCUT2D eigenvalue weighted by molar-refractivity contribution is 0.373. The number of hydrogen-bond donors (Lipinski definition) is 3. The molecule has 0 bridgehead atoms. The number of para-hydroxylation sites is 1. The minimum absolute atomic E-state index is 0. The molecule has 9 heteroatoms. The first-order valence-corrected chi connectivity index (χ1v) is 9.61. The van der Waals surface area contributed by atoms with Gasteiger partial charge in [0.1, 0.15) is 17.3 Å². The van der Waals surface area contributed by atoms with E-state index in [1.165, 1.54) is 25.3 Å². The van der Waals surface area contributed by atoms with Crippen molar-refractivity contribution in [3.05, 3.63) is 53.6 Å². The third kappa shape index (κ3) is 5.87. The Kier molecular flexibility index (Phi) is 8.94. The number of guanidine groups is 1. The average molecular weight is 532 g/mol. The van der Waals surface area contributed by atoms with Crippen molar-refractivity contribution >= 4 is 35.6 Å². The number of aromatic hydroxyl groups is 1. The van der Waals surface area contributed by atoms with Crippen molar-refractivity contribution in [2.45, 2.75) is 25.9 Å². The molecule has 1 fully saturated rings. The molecular weight excluding hydrogens is 505 g/mol. The van der Waals surface area contributed by atoms with Gasteiger partial charge in [-0.05, 0) is 43.2 Å². The van der Waals surface area contributed by atoms with E-state index in [1.807, 2.05) is 13.0 Å². The van der Waals surface area contributed by atoms with Gasteiger partial charge in [0.2, 0.25) is 0 Å². The van der Waals surface area contributed by atoms with Crippen molar-refractivity contribution in [1.82, 2.24) is 10.6 Å². The Hall–Kier alpha value is -2.30. The maximum Gasteiger partial charge on any atom is 0.191 e. The smallest absolute Gasteiger partial charge is 0.191 e. The van der Waals surface area contributed by atoms with Crippen LogP contribution in [0.3, 0.4) is 0 Å². The van der Waals surface area contributed by atoms with E-state index < -0.39 is 11.6 Å². The summed E-state index contributed by atoms with van der Waals surface area (Å²) in [6.45, 7) is 4.04. The molecule has 0 saturated carbocycles. The van der Waals surface area contributed by atoms with Gasteiger partial charge in [0.15, 0.2) is 17.5 Å². The Morgan fingerprint density at radius 3 is 2.63 bits per heavy atom. The molecule has 0 aromatic heterocycles. The van der Waals surface area contributed by atoms with E-state index in [1.54, 1.807) is 17.0 Å². The van der Waals surface area contributed by atoms with Gasteiger partial charge in [-0.2, -0.15) is 0 Å². The number of nitrogens with one attached hydrogen (secondary N) is 2. The molecule has 164 valence electrons. The number of methoxy groups -OCH3 is 1. The van der Waals surface area contributed by atoms with Crippen LogP contribution in [-0.4, -0.2) is 43.9 Å². The van der Waals surface area contributed by atoms with Gasteiger partial charge < -0.3 is 25.4 Å². The average Bonchev–Trinajstić information content (AvgIpc) is 3.14. The van der Waals surface area contributed by atoms with Gasteiger partial charge in [-0.1, -0.05) is 12.1 Å². The van der Waals surface area contributed by atoms with Crippen molar-refractivity contribution in [3.8, 4) is 11.5 Å². The van der Waals surface area contributed by atoms with Crippen molar-refractivity contribution in [1.29, 1.82) is 0 Å². The maximum atomic E-state index is 14.0. The maximum absolute atomic E-state index is 14.0. The van der Waals surface area contributed by atoms with Crippen LogP contribution in [0.4, 0.5) is 14.5 Å². The standard InChI is InChI=1S/C21H26F2N4O2.HI/c1-3-24-21(25-12-14-7-8-19(29-2)18(28)11-14)26-15-9-10-27(13-15)20-16(22)5-4-6-17(20)23;/h4-8,11,15,28H,3,9-10,12-13H2,1-2H3,(H2,24,25,26);1H. The first-order valence-electron chi connectivity index (χ1n) is 9.61. The Balaban J connectivity index is 0.00000320. The fraction of sp³-hybridized carbons (Fsp3) is 0.381. The second-order valence-corrected chi connectivity index (χ2v) is 6.85. The molecule has 3 rings (SSSR count). The number of anilines is 1. The van der Waals surface area contributed by atoms with Crippen molar-refractivity contribution < 1.29 is 18.6 Å². The Bertz CT molecular complexity index is 862. The highest BCUT2D eigenvalue weighted by molar-refractivity contribution is 14.0. The van der Waals surface area contributed by atoms with Gasteiger partial charge in [0.05, 0.1) is 13.7 Å². The van der Waals surface area contributed by atoms with E-state index in [2.05, 4.69) is 15.6 Å². The third-order valence-electron chi connectivity index (χ3n) is 4.79. The molecule has 2 aromatic carbocycles. The number of aliphatic imine (C=N–C) groups is 1. The summed E-state index contributed by atoms with van der Waals surface area (Å²) in [5.41, 5.74) is 0.856. The van der Waals surface area contributed by atoms with Crippen molar-refractivity contribution in [2.24, 2.45) is 4.99 Å². The summed E-state index contributed by atoms with van der Waals surface area (Å²) in [6, 6.07) is 9.07. The van der Waals surface area contributed by atoms with E-state index in [0.29, 0.717) is 37.9 Å². The van der Waals surface area contributed by atoms with Crippen LogP contribution in [0.5, 0.6) is 11.5 Å².